The van der Waals surface area contributed by atoms with Gasteiger partial charge in [0, 0.05) is 44.6 Å². The van der Waals surface area contributed by atoms with Gasteiger partial charge in [-0.1, -0.05) is 6.08 Å². The molecule has 9 heteroatoms. The summed E-state index contributed by atoms with van der Waals surface area (Å²) in [5.41, 5.74) is 1.53. The van der Waals surface area contributed by atoms with Crippen LogP contribution in [-0.2, 0) is 0 Å². The Kier molecular flexibility index (Phi) is 4.41. The van der Waals surface area contributed by atoms with Crippen LogP contribution >= 0.6 is 0 Å². The van der Waals surface area contributed by atoms with Crippen LogP contribution in [0.4, 0.5) is 10.6 Å². The van der Waals surface area contributed by atoms with Gasteiger partial charge in [-0.3, -0.25) is 4.98 Å². The maximum absolute atomic E-state index is 12.0. The minimum absolute atomic E-state index is 0.0966. The highest BCUT2D eigenvalue weighted by Gasteiger charge is 2.33. The van der Waals surface area contributed by atoms with E-state index >= 15 is 0 Å². The van der Waals surface area contributed by atoms with Crippen LogP contribution in [0, 0.1) is 0 Å². The maximum atomic E-state index is 12.0. The third kappa shape index (κ3) is 3.19. The smallest absolute Gasteiger partial charge is 0.317 e. The molecule has 2 amide bonds. The Morgan fingerprint density at radius 3 is 2.96 bits per heavy atom. The molecule has 4 heterocycles. The van der Waals surface area contributed by atoms with Gasteiger partial charge >= 0.3 is 6.03 Å². The predicted octanol–water partition coefficient (Wildman–Crippen LogP) is 1.20. The maximum Gasteiger partial charge on any atom is 0.317 e. The Morgan fingerprint density at radius 1 is 1.37 bits per heavy atom. The molecule has 1 fully saturated rings. The van der Waals surface area contributed by atoms with Crippen LogP contribution < -0.4 is 10.2 Å². The Hall–Kier alpha value is -3.49. The zero-order valence-electron chi connectivity index (χ0n) is 15.0. The van der Waals surface area contributed by atoms with E-state index < -0.39 is 0 Å². The molecule has 0 saturated carbocycles. The number of aromatic nitrogens is 5. The third-order valence-corrected chi connectivity index (χ3v) is 4.62. The minimum atomic E-state index is -0.0966. The normalized spacial score (nSPS) is 14.0. The second kappa shape index (κ2) is 7.02. The van der Waals surface area contributed by atoms with Gasteiger partial charge in [-0.25, -0.2) is 4.79 Å². The Balaban J connectivity index is 1.49. The molecule has 1 N–H and O–H groups in total. The van der Waals surface area contributed by atoms with Crippen molar-refractivity contribution in [3.63, 3.8) is 0 Å². The second-order valence-electron chi connectivity index (χ2n) is 6.37. The van der Waals surface area contributed by atoms with Crippen LogP contribution in [0.3, 0.4) is 0 Å². The lowest BCUT2D eigenvalue weighted by Crippen LogP contribution is -2.61. The average Bonchev–Trinajstić information content (AvgIpc) is 3.09. The molecule has 0 aromatic carbocycles. The molecule has 9 nitrogen and oxygen atoms in total. The van der Waals surface area contributed by atoms with E-state index in [9.17, 15) is 4.79 Å². The quantitative estimate of drug-likeness (QED) is 0.684. The molecule has 0 radical (unpaired) electrons. The number of amides is 2. The molecule has 0 unspecified atom stereocenters. The number of pyridine rings is 1. The molecular formula is C18H20N8O. The van der Waals surface area contributed by atoms with Crippen LogP contribution in [-0.4, -0.2) is 68.5 Å². The highest BCUT2D eigenvalue weighted by molar-refractivity contribution is 5.75. The van der Waals surface area contributed by atoms with E-state index in [0.717, 1.165) is 24.5 Å². The zero-order valence-corrected chi connectivity index (χ0v) is 15.0. The van der Waals surface area contributed by atoms with Crippen molar-refractivity contribution in [2.24, 2.45) is 0 Å². The fraction of sp³-hybridized carbons (Fsp3) is 0.278. The lowest BCUT2D eigenvalue weighted by molar-refractivity contribution is 0.179. The summed E-state index contributed by atoms with van der Waals surface area (Å²) in [6.45, 7) is 5.51. The van der Waals surface area contributed by atoms with Crippen LogP contribution in [0.1, 0.15) is 0 Å². The van der Waals surface area contributed by atoms with Crippen molar-refractivity contribution < 1.29 is 4.79 Å². The number of nitrogens with zero attached hydrogens (tertiary/aromatic N) is 7. The van der Waals surface area contributed by atoms with Crippen LogP contribution in [0.25, 0.3) is 17.0 Å². The summed E-state index contributed by atoms with van der Waals surface area (Å²) in [5.74, 6) is 1.47. The molecule has 1 saturated heterocycles. The van der Waals surface area contributed by atoms with Gasteiger partial charge in [-0.05, 0) is 24.3 Å². The molecule has 27 heavy (non-hydrogen) atoms. The standard InChI is InChI=1S/C18H20N8O/c1-3-8-20-18(27)24(2)14-11-25(12-14)16-7-6-15-21-22-17(26(15)23-16)13-5-4-9-19-10-13/h3-7,9-10,14H,1,8,11-12H2,2H3,(H,20,27). The van der Waals surface area contributed by atoms with Crippen LogP contribution in [0.5, 0.6) is 0 Å². The number of carbonyl (C=O) groups excluding carboxylic acids is 1. The Labute approximate surface area is 156 Å². The molecule has 138 valence electrons. The van der Waals surface area contributed by atoms with Gasteiger partial charge in [0.15, 0.2) is 11.5 Å². The number of urea groups is 1. The van der Waals surface area contributed by atoms with E-state index in [1.54, 1.807) is 34.9 Å². The number of nitrogens with one attached hydrogen (secondary N) is 1. The number of hydrogen-bond donors (Lipinski definition) is 1. The lowest BCUT2D eigenvalue weighted by atomic mass is 10.1. The molecule has 1 aliphatic rings. The first-order chi connectivity index (χ1) is 13.2. The fourth-order valence-electron chi connectivity index (χ4n) is 2.96. The molecule has 1 aliphatic heterocycles. The number of likely N-dealkylation sites (N-methyl/N-ethyl adjacent to an activating group) is 1. The topological polar surface area (TPSA) is 91.5 Å². The zero-order chi connectivity index (χ0) is 18.8. The summed E-state index contributed by atoms with van der Waals surface area (Å²) in [5, 5.41) is 15.9. The van der Waals surface area contributed by atoms with Crippen LogP contribution in [0.2, 0.25) is 0 Å². The number of rotatable bonds is 5. The first-order valence-electron chi connectivity index (χ1n) is 8.66. The van der Waals surface area contributed by atoms with Crippen molar-refractivity contribution in [3.8, 4) is 11.4 Å². The molecule has 3 aromatic rings. The summed E-state index contributed by atoms with van der Waals surface area (Å²) in [6, 6.07) is 7.64. The van der Waals surface area contributed by atoms with E-state index in [1.807, 2.05) is 24.3 Å². The van der Waals surface area contributed by atoms with Gasteiger partial charge in [0.05, 0.1) is 6.04 Å². The summed E-state index contributed by atoms with van der Waals surface area (Å²) < 4.78 is 1.72. The molecule has 3 aromatic heterocycles. The van der Waals surface area contributed by atoms with E-state index in [2.05, 4.69) is 37.1 Å². The number of fused-ring (bicyclic) bond motifs is 1. The van der Waals surface area contributed by atoms with E-state index in [4.69, 9.17) is 0 Å². The van der Waals surface area contributed by atoms with E-state index in [1.165, 1.54) is 0 Å². The largest absolute Gasteiger partial charge is 0.351 e. The fourth-order valence-corrected chi connectivity index (χ4v) is 2.96. The van der Waals surface area contributed by atoms with E-state index in [0.29, 0.717) is 18.0 Å². The molecule has 4 rings (SSSR count). The number of hydrogen-bond acceptors (Lipinski definition) is 6. The average molecular weight is 364 g/mol. The second-order valence-corrected chi connectivity index (χ2v) is 6.37. The number of anilines is 1. The lowest BCUT2D eigenvalue weighted by Gasteiger charge is -2.44. The monoisotopic (exact) mass is 364 g/mol. The van der Waals surface area contributed by atoms with Gasteiger partial charge < -0.3 is 15.1 Å². The number of carbonyl (C=O) groups is 1. The SMILES string of the molecule is C=CCNC(=O)N(C)C1CN(c2ccc3nnc(-c4cccnc4)n3n2)C1. The first-order valence-corrected chi connectivity index (χ1v) is 8.66. The molecule has 0 atom stereocenters. The van der Waals surface area contributed by atoms with Gasteiger partial charge in [-0.15, -0.1) is 21.9 Å². The minimum Gasteiger partial charge on any atom is -0.351 e. The van der Waals surface area contributed by atoms with Gasteiger partial charge in [-0.2, -0.15) is 4.52 Å². The van der Waals surface area contributed by atoms with Crippen molar-refractivity contribution in [1.29, 1.82) is 0 Å². The Bertz CT molecular complexity index is 964. The third-order valence-electron chi connectivity index (χ3n) is 4.62. The highest BCUT2D eigenvalue weighted by atomic mass is 16.2. The summed E-state index contributed by atoms with van der Waals surface area (Å²) >= 11 is 0. The van der Waals surface area contributed by atoms with Crippen molar-refractivity contribution in [1.82, 2.24) is 35.0 Å². The highest BCUT2D eigenvalue weighted by Crippen LogP contribution is 2.23. The summed E-state index contributed by atoms with van der Waals surface area (Å²) in [4.78, 5) is 20.0. The van der Waals surface area contributed by atoms with Crippen molar-refractivity contribution in [2.75, 3.05) is 31.6 Å². The van der Waals surface area contributed by atoms with Crippen LogP contribution in [0.15, 0.2) is 49.3 Å². The predicted molar refractivity (Wildman–Crippen MR) is 101 cm³/mol. The van der Waals surface area contributed by atoms with Gasteiger partial charge in [0.1, 0.15) is 5.82 Å². The summed E-state index contributed by atoms with van der Waals surface area (Å²) in [7, 11) is 1.80. The van der Waals surface area contributed by atoms with Crippen molar-refractivity contribution >= 4 is 17.5 Å². The van der Waals surface area contributed by atoms with Gasteiger partial charge in [0.25, 0.3) is 0 Å². The molecule has 0 spiro atoms. The molecular weight excluding hydrogens is 344 g/mol. The van der Waals surface area contributed by atoms with Crippen molar-refractivity contribution in [3.05, 3.63) is 49.3 Å². The van der Waals surface area contributed by atoms with Gasteiger partial charge in [0.2, 0.25) is 0 Å². The van der Waals surface area contributed by atoms with Crippen molar-refractivity contribution in [2.45, 2.75) is 6.04 Å². The Morgan fingerprint density at radius 2 is 2.22 bits per heavy atom. The molecule has 0 bridgehead atoms. The van der Waals surface area contributed by atoms with E-state index in [-0.39, 0.29) is 12.1 Å². The first kappa shape index (κ1) is 17.0. The molecule has 0 aliphatic carbocycles. The summed E-state index contributed by atoms with van der Waals surface area (Å²) in [6.07, 6.45) is 5.12.